The Kier molecular flexibility index (Phi) is 5.73. The van der Waals surface area contributed by atoms with E-state index in [1.165, 1.54) is 18.3 Å². The van der Waals surface area contributed by atoms with Gasteiger partial charge < -0.3 is 9.64 Å². The van der Waals surface area contributed by atoms with E-state index in [9.17, 15) is 23.3 Å². The van der Waals surface area contributed by atoms with Crippen molar-refractivity contribution in [2.75, 3.05) is 36.6 Å². The van der Waals surface area contributed by atoms with Gasteiger partial charge in [-0.2, -0.15) is 18.3 Å². The quantitative estimate of drug-likeness (QED) is 0.474. The molecule has 0 bridgehead atoms. The van der Waals surface area contributed by atoms with Crippen LogP contribution in [-0.4, -0.2) is 42.4 Å². The van der Waals surface area contributed by atoms with Crippen molar-refractivity contribution in [3.8, 4) is 0 Å². The largest absolute Gasteiger partial charge is 0.417 e. The van der Waals surface area contributed by atoms with Crippen LogP contribution in [0.5, 0.6) is 0 Å². The Balaban J connectivity index is 1.79. The second kappa shape index (κ2) is 8.21. The number of aromatic nitrogens is 1. The van der Waals surface area contributed by atoms with Crippen molar-refractivity contribution in [2.24, 2.45) is 5.10 Å². The molecule has 11 heteroatoms. The topological polar surface area (TPSA) is 92.9 Å². The van der Waals surface area contributed by atoms with Crippen molar-refractivity contribution in [1.29, 1.82) is 0 Å². The van der Waals surface area contributed by atoms with Gasteiger partial charge in [-0.3, -0.25) is 15.5 Å². The van der Waals surface area contributed by atoms with Crippen molar-refractivity contribution in [2.45, 2.75) is 6.18 Å². The molecule has 1 aliphatic heterocycles. The maximum atomic E-state index is 12.6. The van der Waals surface area contributed by atoms with Crippen LogP contribution in [0.4, 0.5) is 30.4 Å². The van der Waals surface area contributed by atoms with E-state index in [2.05, 4.69) is 15.5 Å². The lowest BCUT2D eigenvalue weighted by Crippen LogP contribution is -2.36. The second-order valence-corrected chi connectivity index (χ2v) is 5.90. The van der Waals surface area contributed by atoms with Gasteiger partial charge in [0, 0.05) is 42.7 Å². The summed E-state index contributed by atoms with van der Waals surface area (Å²) in [6.45, 7) is 2.35. The number of nitrogens with one attached hydrogen (secondary N) is 1. The fourth-order valence-electron chi connectivity index (χ4n) is 2.65. The zero-order valence-electron chi connectivity index (χ0n) is 14.5. The van der Waals surface area contributed by atoms with Crippen LogP contribution in [0.2, 0.25) is 0 Å². The first-order valence-electron chi connectivity index (χ1n) is 8.28. The molecule has 1 aromatic carbocycles. The van der Waals surface area contributed by atoms with Gasteiger partial charge in [0.25, 0.3) is 5.69 Å². The van der Waals surface area contributed by atoms with E-state index < -0.39 is 16.7 Å². The number of rotatable bonds is 5. The third kappa shape index (κ3) is 4.74. The maximum absolute atomic E-state index is 12.6. The fourth-order valence-corrected chi connectivity index (χ4v) is 2.65. The Hall–Kier alpha value is -3.21. The predicted molar refractivity (Wildman–Crippen MR) is 96.6 cm³/mol. The zero-order valence-corrected chi connectivity index (χ0v) is 14.5. The standard InChI is InChI=1S/C17H16F3N5O3/c18-17(19,20)13-1-4-16(21-11-13)23-22-10-12-9-14(25(26)27)2-3-15(12)24-5-7-28-8-6-24/h1-4,9-11H,5-8H2,(H,21,23)/b22-10+. The molecule has 0 spiro atoms. The van der Waals surface area contributed by atoms with Crippen molar-refractivity contribution < 1.29 is 22.8 Å². The molecule has 0 atom stereocenters. The molecular formula is C17H16F3N5O3. The molecule has 1 saturated heterocycles. The van der Waals surface area contributed by atoms with Crippen molar-refractivity contribution >= 4 is 23.4 Å². The lowest BCUT2D eigenvalue weighted by Gasteiger charge is -2.29. The Labute approximate surface area is 157 Å². The van der Waals surface area contributed by atoms with Crippen molar-refractivity contribution in [3.05, 3.63) is 57.8 Å². The molecule has 148 valence electrons. The molecule has 2 heterocycles. The number of hydrazone groups is 1. The molecular weight excluding hydrogens is 379 g/mol. The molecule has 0 unspecified atom stereocenters. The molecule has 0 saturated carbocycles. The van der Waals surface area contributed by atoms with E-state index in [-0.39, 0.29) is 11.5 Å². The first-order valence-corrected chi connectivity index (χ1v) is 8.28. The van der Waals surface area contributed by atoms with Crippen LogP contribution in [0.15, 0.2) is 41.6 Å². The number of nitro groups is 1. The lowest BCUT2D eigenvalue weighted by atomic mass is 10.1. The van der Waals surface area contributed by atoms with Gasteiger partial charge in [0.05, 0.1) is 29.9 Å². The lowest BCUT2D eigenvalue weighted by molar-refractivity contribution is -0.384. The number of hydrogen-bond acceptors (Lipinski definition) is 7. The average Bonchev–Trinajstić information content (AvgIpc) is 2.68. The van der Waals surface area contributed by atoms with Crippen molar-refractivity contribution in [3.63, 3.8) is 0 Å². The molecule has 2 aromatic rings. The molecule has 0 radical (unpaired) electrons. The smallest absolute Gasteiger partial charge is 0.378 e. The highest BCUT2D eigenvalue weighted by molar-refractivity contribution is 5.89. The Morgan fingerprint density at radius 1 is 1.25 bits per heavy atom. The summed E-state index contributed by atoms with van der Waals surface area (Å²) >= 11 is 0. The highest BCUT2D eigenvalue weighted by Crippen LogP contribution is 2.29. The van der Waals surface area contributed by atoms with Crippen molar-refractivity contribution in [1.82, 2.24) is 4.98 Å². The fraction of sp³-hybridized carbons (Fsp3) is 0.294. The van der Waals surface area contributed by atoms with Gasteiger partial charge >= 0.3 is 6.18 Å². The first-order chi connectivity index (χ1) is 13.3. The summed E-state index contributed by atoms with van der Waals surface area (Å²) in [5, 5.41) is 15.0. The number of nitrogens with zero attached hydrogens (tertiary/aromatic N) is 4. The number of nitro benzene ring substituents is 1. The molecule has 8 nitrogen and oxygen atoms in total. The zero-order chi connectivity index (χ0) is 20.1. The second-order valence-electron chi connectivity index (χ2n) is 5.90. The molecule has 28 heavy (non-hydrogen) atoms. The number of morpholine rings is 1. The first kappa shape index (κ1) is 19.5. The number of alkyl halides is 3. The number of pyridine rings is 1. The summed E-state index contributed by atoms with van der Waals surface area (Å²) < 4.78 is 43.0. The summed E-state index contributed by atoms with van der Waals surface area (Å²) in [5.74, 6) is 0.114. The highest BCUT2D eigenvalue weighted by atomic mass is 19.4. The van der Waals surface area contributed by atoms with Gasteiger partial charge in [-0.1, -0.05) is 0 Å². The number of non-ortho nitro benzene ring substituents is 1. The predicted octanol–water partition coefficient (Wildman–Crippen LogP) is 3.29. The van der Waals surface area contributed by atoms with Gasteiger partial charge in [-0.05, 0) is 18.2 Å². The van der Waals surface area contributed by atoms with E-state index in [1.807, 2.05) is 4.90 Å². The van der Waals surface area contributed by atoms with E-state index in [4.69, 9.17) is 4.74 Å². The molecule has 0 aliphatic carbocycles. The molecule has 0 amide bonds. The van der Waals surface area contributed by atoms with Crippen LogP contribution in [0.1, 0.15) is 11.1 Å². The van der Waals surface area contributed by atoms with Gasteiger partial charge in [-0.25, -0.2) is 4.98 Å². The minimum absolute atomic E-state index is 0.0916. The van der Waals surface area contributed by atoms with Crippen LogP contribution in [0.25, 0.3) is 0 Å². The van der Waals surface area contributed by atoms with E-state index >= 15 is 0 Å². The normalized spacial score (nSPS) is 15.0. The van der Waals surface area contributed by atoms with Gasteiger partial charge in [0.2, 0.25) is 0 Å². The average molecular weight is 395 g/mol. The van der Waals surface area contributed by atoms with Crippen LogP contribution in [0.3, 0.4) is 0 Å². The molecule has 1 N–H and O–H groups in total. The summed E-state index contributed by atoms with van der Waals surface area (Å²) in [4.78, 5) is 16.2. The minimum Gasteiger partial charge on any atom is -0.378 e. The van der Waals surface area contributed by atoms with Crippen LogP contribution < -0.4 is 10.3 Å². The summed E-state index contributed by atoms with van der Waals surface area (Å²) in [5.41, 5.74) is 2.82. The molecule has 1 fully saturated rings. The number of hydrogen-bond donors (Lipinski definition) is 1. The highest BCUT2D eigenvalue weighted by Gasteiger charge is 2.30. The Bertz CT molecular complexity index is 865. The minimum atomic E-state index is -4.47. The molecule has 1 aliphatic rings. The van der Waals surface area contributed by atoms with Crippen LogP contribution in [0, 0.1) is 10.1 Å². The maximum Gasteiger partial charge on any atom is 0.417 e. The number of anilines is 2. The molecule has 3 rings (SSSR count). The summed E-state index contributed by atoms with van der Waals surface area (Å²) in [6.07, 6.45) is -2.40. The summed E-state index contributed by atoms with van der Waals surface area (Å²) in [6, 6.07) is 6.47. The van der Waals surface area contributed by atoms with E-state index in [0.717, 1.165) is 17.8 Å². The number of halogens is 3. The number of benzene rings is 1. The van der Waals surface area contributed by atoms with E-state index in [1.54, 1.807) is 6.07 Å². The number of ether oxygens (including phenoxy) is 1. The van der Waals surface area contributed by atoms with Gasteiger partial charge in [-0.15, -0.1) is 0 Å². The third-order valence-corrected chi connectivity index (χ3v) is 4.05. The Morgan fingerprint density at radius 2 is 2.00 bits per heavy atom. The van der Waals surface area contributed by atoms with E-state index in [0.29, 0.717) is 38.1 Å². The van der Waals surface area contributed by atoms with Gasteiger partial charge in [0.1, 0.15) is 5.82 Å². The third-order valence-electron chi connectivity index (χ3n) is 4.05. The van der Waals surface area contributed by atoms with Gasteiger partial charge in [0.15, 0.2) is 0 Å². The van der Waals surface area contributed by atoms with Crippen LogP contribution in [-0.2, 0) is 10.9 Å². The SMILES string of the molecule is O=[N+]([O-])c1ccc(N2CCOCC2)c(/C=N/Nc2ccc(C(F)(F)F)cn2)c1. The molecule has 1 aromatic heterocycles. The summed E-state index contributed by atoms with van der Waals surface area (Å²) in [7, 11) is 0. The Morgan fingerprint density at radius 3 is 2.61 bits per heavy atom. The van der Waals surface area contributed by atoms with Crippen LogP contribution >= 0.6 is 0 Å². The monoisotopic (exact) mass is 395 g/mol.